The molecule has 0 saturated carbocycles. The third-order valence-corrected chi connectivity index (χ3v) is 8.58. The number of carbonyl (C=O) groups excluding carboxylic acids is 1. The van der Waals surface area contributed by atoms with Crippen LogP contribution in [-0.4, -0.2) is 33.2 Å². The summed E-state index contributed by atoms with van der Waals surface area (Å²) in [5.74, 6) is 1.54. The van der Waals surface area contributed by atoms with E-state index in [1.54, 1.807) is 36.4 Å². The van der Waals surface area contributed by atoms with Crippen LogP contribution in [-0.2, 0) is 20.6 Å². The monoisotopic (exact) mass is 510 g/mol. The van der Waals surface area contributed by atoms with E-state index in [0.717, 1.165) is 34.6 Å². The van der Waals surface area contributed by atoms with Gasteiger partial charge in [-0.15, -0.1) is 0 Å². The lowest BCUT2D eigenvalue weighted by Crippen LogP contribution is -2.41. The van der Waals surface area contributed by atoms with E-state index in [1.807, 2.05) is 44.7 Å². The minimum atomic E-state index is -3.91. The Balaban J connectivity index is 1.63. The van der Waals surface area contributed by atoms with Gasteiger partial charge in [0.15, 0.2) is 0 Å². The van der Waals surface area contributed by atoms with Gasteiger partial charge in [-0.25, -0.2) is 8.42 Å². The van der Waals surface area contributed by atoms with Crippen molar-refractivity contribution in [2.75, 3.05) is 23.1 Å². The number of hydrogen-bond acceptors (Lipinski definition) is 4. The number of aryl methyl sites for hydroxylation is 4. The summed E-state index contributed by atoms with van der Waals surface area (Å²) in [6.45, 7) is 8.09. The Hall–Kier alpha value is -2.77. The minimum Gasteiger partial charge on any atom is -0.354 e. The van der Waals surface area contributed by atoms with Crippen molar-refractivity contribution in [3.63, 3.8) is 0 Å². The van der Waals surface area contributed by atoms with Crippen LogP contribution in [0.3, 0.4) is 0 Å². The molecule has 0 aliphatic carbocycles. The zero-order valence-corrected chi connectivity index (χ0v) is 22.5. The molecule has 0 aliphatic heterocycles. The van der Waals surface area contributed by atoms with Crippen molar-refractivity contribution in [1.82, 2.24) is 5.32 Å². The molecule has 0 unspecified atom stereocenters. The highest BCUT2D eigenvalue weighted by atomic mass is 32.2. The summed E-state index contributed by atoms with van der Waals surface area (Å²) in [5, 5.41) is 2.90. The Bertz CT molecular complexity index is 1240. The second kappa shape index (κ2) is 12.3. The average Bonchev–Trinajstić information content (AvgIpc) is 2.80. The van der Waals surface area contributed by atoms with Crippen LogP contribution in [0.2, 0.25) is 0 Å². The standard InChI is InChI=1S/C28H34N2O3S2/c1-21-10-12-27(13-11-21)35(32,33)30(26-17-22(2)16-23(3)18-26)19-28(31)29-14-7-15-34-20-25-9-6-5-8-24(25)4/h5-6,8-13,16-18H,7,14-15,19-20H2,1-4H3,(H,29,31). The maximum atomic E-state index is 13.5. The first-order valence-electron chi connectivity index (χ1n) is 11.7. The van der Waals surface area contributed by atoms with Crippen LogP contribution < -0.4 is 9.62 Å². The number of rotatable bonds is 11. The van der Waals surface area contributed by atoms with Gasteiger partial charge in [0.25, 0.3) is 10.0 Å². The highest BCUT2D eigenvalue weighted by Crippen LogP contribution is 2.26. The van der Waals surface area contributed by atoms with E-state index in [4.69, 9.17) is 0 Å². The van der Waals surface area contributed by atoms with Crippen LogP contribution in [0.25, 0.3) is 0 Å². The zero-order chi connectivity index (χ0) is 25.4. The predicted molar refractivity (Wildman–Crippen MR) is 147 cm³/mol. The number of benzene rings is 3. The molecule has 1 amide bonds. The molecule has 0 saturated heterocycles. The molecule has 1 N–H and O–H groups in total. The van der Waals surface area contributed by atoms with Gasteiger partial charge in [0.1, 0.15) is 6.54 Å². The van der Waals surface area contributed by atoms with Crippen molar-refractivity contribution in [3.05, 3.63) is 94.5 Å². The highest BCUT2D eigenvalue weighted by Gasteiger charge is 2.27. The minimum absolute atomic E-state index is 0.169. The van der Waals surface area contributed by atoms with Gasteiger partial charge >= 0.3 is 0 Å². The number of carbonyl (C=O) groups is 1. The Morgan fingerprint density at radius 2 is 1.54 bits per heavy atom. The van der Waals surface area contributed by atoms with Crippen LogP contribution in [0.15, 0.2) is 71.6 Å². The van der Waals surface area contributed by atoms with E-state index in [-0.39, 0.29) is 17.3 Å². The SMILES string of the molecule is Cc1ccc(S(=O)(=O)N(CC(=O)NCCCSCc2ccccc2C)c2cc(C)cc(C)c2)cc1. The second-order valence-corrected chi connectivity index (χ2v) is 11.8. The summed E-state index contributed by atoms with van der Waals surface area (Å²) in [6.07, 6.45) is 0.816. The largest absolute Gasteiger partial charge is 0.354 e. The van der Waals surface area contributed by atoms with Crippen molar-refractivity contribution >= 4 is 33.4 Å². The lowest BCUT2D eigenvalue weighted by Gasteiger charge is -2.25. The van der Waals surface area contributed by atoms with Crippen molar-refractivity contribution in [1.29, 1.82) is 0 Å². The number of thioether (sulfide) groups is 1. The molecule has 3 aromatic rings. The predicted octanol–water partition coefficient (Wildman–Crippen LogP) is 5.56. The molecule has 0 radical (unpaired) electrons. The molecule has 186 valence electrons. The smallest absolute Gasteiger partial charge is 0.264 e. The second-order valence-electron chi connectivity index (χ2n) is 8.85. The molecular formula is C28H34N2O3S2. The number of sulfonamides is 1. The van der Waals surface area contributed by atoms with Gasteiger partial charge in [0.05, 0.1) is 10.6 Å². The summed E-state index contributed by atoms with van der Waals surface area (Å²) in [5.41, 5.74) is 5.96. The number of nitrogens with one attached hydrogen (secondary N) is 1. The quantitative estimate of drug-likeness (QED) is 0.343. The normalized spacial score (nSPS) is 11.3. The Kier molecular flexibility index (Phi) is 9.40. The molecule has 0 aromatic heterocycles. The summed E-state index contributed by atoms with van der Waals surface area (Å²) >= 11 is 1.83. The topological polar surface area (TPSA) is 66.5 Å². The molecule has 3 rings (SSSR count). The number of amides is 1. The molecule has 0 atom stereocenters. The Morgan fingerprint density at radius 3 is 2.20 bits per heavy atom. The van der Waals surface area contributed by atoms with Crippen LogP contribution in [0, 0.1) is 27.7 Å². The number of nitrogens with zero attached hydrogens (tertiary/aromatic N) is 1. The van der Waals surface area contributed by atoms with E-state index < -0.39 is 10.0 Å². The number of anilines is 1. The molecule has 0 fully saturated rings. The molecule has 35 heavy (non-hydrogen) atoms. The summed E-state index contributed by atoms with van der Waals surface area (Å²) in [4.78, 5) is 13.0. The van der Waals surface area contributed by atoms with Crippen LogP contribution >= 0.6 is 11.8 Å². The lowest BCUT2D eigenvalue weighted by atomic mass is 10.1. The first-order valence-corrected chi connectivity index (χ1v) is 14.3. The zero-order valence-electron chi connectivity index (χ0n) is 20.9. The molecule has 0 bridgehead atoms. The lowest BCUT2D eigenvalue weighted by molar-refractivity contribution is -0.119. The van der Waals surface area contributed by atoms with E-state index >= 15 is 0 Å². The fourth-order valence-corrected chi connectivity index (χ4v) is 6.23. The van der Waals surface area contributed by atoms with Crippen molar-refractivity contribution < 1.29 is 13.2 Å². The maximum Gasteiger partial charge on any atom is 0.264 e. The van der Waals surface area contributed by atoms with Gasteiger partial charge in [-0.05, 0) is 86.4 Å². The first-order chi connectivity index (χ1) is 16.7. The van der Waals surface area contributed by atoms with E-state index in [1.165, 1.54) is 15.4 Å². The van der Waals surface area contributed by atoms with E-state index in [9.17, 15) is 13.2 Å². The third-order valence-electron chi connectivity index (χ3n) is 5.70. The van der Waals surface area contributed by atoms with Crippen molar-refractivity contribution in [2.24, 2.45) is 0 Å². The summed E-state index contributed by atoms with van der Waals surface area (Å²) < 4.78 is 28.3. The molecular weight excluding hydrogens is 476 g/mol. The summed E-state index contributed by atoms with van der Waals surface area (Å²) in [6, 6.07) is 20.6. The van der Waals surface area contributed by atoms with Gasteiger partial charge in [-0.2, -0.15) is 11.8 Å². The number of hydrogen-bond donors (Lipinski definition) is 1. The molecule has 0 aliphatic rings. The van der Waals surface area contributed by atoms with Gasteiger partial charge in [-0.3, -0.25) is 9.10 Å². The molecule has 5 nitrogen and oxygen atoms in total. The maximum absolute atomic E-state index is 13.5. The molecule has 7 heteroatoms. The fourth-order valence-electron chi connectivity index (χ4n) is 3.79. The Morgan fingerprint density at radius 1 is 0.886 bits per heavy atom. The van der Waals surface area contributed by atoms with E-state index in [0.29, 0.717) is 12.2 Å². The first kappa shape index (κ1) is 26.8. The van der Waals surface area contributed by atoms with Crippen LogP contribution in [0.5, 0.6) is 0 Å². The van der Waals surface area contributed by atoms with Crippen LogP contribution in [0.4, 0.5) is 5.69 Å². The summed E-state index contributed by atoms with van der Waals surface area (Å²) in [7, 11) is -3.91. The van der Waals surface area contributed by atoms with Gasteiger partial charge in [0.2, 0.25) is 5.91 Å². The van der Waals surface area contributed by atoms with Gasteiger partial charge in [-0.1, -0.05) is 48.0 Å². The van der Waals surface area contributed by atoms with E-state index in [2.05, 4.69) is 30.4 Å². The van der Waals surface area contributed by atoms with Gasteiger partial charge in [0, 0.05) is 12.3 Å². The fraction of sp³-hybridized carbons (Fsp3) is 0.321. The highest BCUT2D eigenvalue weighted by molar-refractivity contribution is 7.98. The van der Waals surface area contributed by atoms with Crippen molar-refractivity contribution in [2.45, 2.75) is 44.8 Å². The molecule has 0 heterocycles. The molecule has 3 aromatic carbocycles. The average molecular weight is 511 g/mol. The third kappa shape index (κ3) is 7.61. The molecule has 0 spiro atoms. The Labute approximate surface area is 214 Å². The van der Waals surface area contributed by atoms with Gasteiger partial charge < -0.3 is 5.32 Å². The van der Waals surface area contributed by atoms with Crippen LogP contribution in [0.1, 0.15) is 34.2 Å². The van der Waals surface area contributed by atoms with Crippen molar-refractivity contribution in [3.8, 4) is 0 Å².